The minimum Gasteiger partial charge on any atom is -0.462 e. The van der Waals surface area contributed by atoms with Crippen molar-refractivity contribution in [3.05, 3.63) is 65.3 Å². The first kappa shape index (κ1) is 27.8. The van der Waals surface area contributed by atoms with Crippen LogP contribution in [0.4, 0.5) is 11.5 Å². The number of aromatic nitrogens is 2. The predicted molar refractivity (Wildman–Crippen MR) is 165 cm³/mol. The average molecular weight is 575 g/mol. The zero-order chi connectivity index (χ0) is 28.5. The highest BCUT2D eigenvalue weighted by Gasteiger charge is 2.31. The lowest BCUT2D eigenvalue weighted by Crippen LogP contribution is -2.54. The first-order valence-corrected chi connectivity index (χ1v) is 15.1. The van der Waals surface area contributed by atoms with Gasteiger partial charge < -0.3 is 24.3 Å². The summed E-state index contributed by atoms with van der Waals surface area (Å²) < 4.78 is 6.30. The van der Waals surface area contributed by atoms with Crippen molar-refractivity contribution in [1.82, 2.24) is 19.8 Å². The second-order valence-corrected chi connectivity index (χ2v) is 11.9. The van der Waals surface area contributed by atoms with Gasteiger partial charge in [0.15, 0.2) is 0 Å². The SMILES string of the molecule is C=CC(=O)N1CCN(c2nc(OCC3CCCN3C)nc3c2CCN(c2cccc4cccc(Cl)c24)CC3)[C@@H](C)C1. The number of rotatable bonds is 6. The van der Waals surface area contributed by atoms with Crippen LogP contribution in [0.25, 0.3) is 10.8 Å². The summed E-state index contributed by atoms with van der Waals surface area (Å²) in [6.07, 6.45) is 5.33. The molecule has 3 aliphatic heterocycles. The van der Waals surface area contributed by atoms with Crippen LogP contribution in [0.15, 0.2) is 49.1 Å². The molecule has 9 heteroatoms. The summed E-state index contributed by atoms with van der Waals surface area (Å²) in [5.41, 5.74) is 3.39. The smallest absolute Gasteiger partial charge is 0.318 e. The molecule has 2 saturated heterocycles. The molecule has 216 valence electrons. The van der Waals surface area contributed by atoms with Gasteiger partial charge in [0.25, 0.3) is 0 Å². The van der Waals surface area contributed by atoms with Crippen LogP contribution in [0.2, 0.25) is 5.02 Å². The van der Waals surface area contributed by atoms with Crippen molar-refractivity contribution in [3.8, 4) is 6.01 Å². The van der Waals surface area contributed by atoms with Crippen molar-refractivity contribution >= 4 is 39.8 Å². The molecular weight excluding hydrogens is 536 g/mol. The molecule has 0 N–H and O–H groups in total. The largest absolute Gasteiger partial charge is 0.462 e. The second-order valence-electron chi connectivity index (χ2n) is 11.5. The molecule has 0 bridgehead atoms. The Kier molecular flexibility index (Phi) is 8.04. The number of fused-ring (bicyclic) bond motifs is 2. The molecule has 2 atom stereocenters. The number of amides is 1. The number of carbonyl (C=O) groups is 1. The molecule has 0 radical (unpaired) electrons. The fourth-order valence-corrected chi connectivity index (χ4v) is 6.88. The van der Waals surface area contributed by atoms with Gasteiger partial charge in [-0.1, -0.05) is 42.4 Å². The average Bonchev–Trinajstić information content (AvgIpc) is 3.27. The Morgan fingerprint density at radius 2 is 1.90 bits per heavy atom. The van der Waals surface area contributed by atoms with Gasteiger partial charge in [-0.2, -0.15) is 9.97 Å². The fraction of sp³-hybridized carbons (Fsp3) is 0.469. The maximum atomic E-state index is 12.3. The van der Waals surface area contributed by atoms with Crippen LogP contribution in [0.5, 0.6) is 6.01 Å². The van der Waals surface area contributed by atoms with Crippen molar-refractivity contribution in [3.63, 3.8) is 0 Å². The maximum absolute atomic E-state index is 12.3. The van der Waals surface area contributed by atoms with Crippen LogP contribution < -0.4 is 14.5 Å². The maximum Gasteiger partial charge on any atom is 0.318 e. The Morgan fingerprint density at radius 1 is 1.10 bits per heavy atom. The van der Waals surface area contributed by atoms with Gasteiger partial charge in [0.05, 0.1) is 10.7 Å². The minimum absolute atomic E-state index is 0.0212. The Morgan fingerprint density at radius 3 is 2.66 bits per heavy atom. The van der Waals surface area contributed by atoms with Gasteiger partial charge in [-0.3, -0.25) is 4.79 Å². The van der Waals surface area contributed by atoms with Crippen LogP contribution in [0.1, 0.15) is 31.0 Å². The fourth-order valence-electron chi connectivity index (χ4n) is 6.60. The summed E-state index contributed by atoms with van der Waals surface area (Å²) in [6, 6.07) is 13.4. The van der Waals surface area contributed by atoms with Crippen LogP contribution in [-0.2, 0) is 17.6 Å². The van der Waals surface area contributed by atoms with Crippen molar-refractivity contribution in [2.24, 2.45) is 0 Å². The van der Waals surface area contributed by atoms with E-state index >= 15 is 0 Å². The van der Waals surface area contributed by atoms with Crippen molar-refractivity contribution < 1.29 is 9.53 Å². The highest BCUT2D eigenvalue weighted by molar-refractivity contribution is 6.36. The second kappa shape index (κ2) is 11.9. The molecule has 2 aromatic carbocycles. The first-order valence-electron chi connectivity index (χ1n) is 14.8. The number of benzene rings is 2. The molecule has 0 aliphatic carbocycles. The van der Waals surface area contributed by atoms with Crippen molar-refractivity contribution in [2.45, 2.75) is 44.7 Å². The summed E-state index contributed by atoms with van der Waals surface area (Å²) in [5.74, 6) is 0.924. The van der Waals surface area contributed by atoms with E-state index < -0.39 is 0 Å². The van der Waals surface area contributed by atoms with Gasteiger partial charge in [0.1, 0.15) is 12.4 Å². The summed E-state index contributed by atoms with van der Waals surface area (Å²) in [5, 5.41) is 3.01. The molecule has 0 spiro atoms. The Balaban J connectivity index is 1.31. The number of nitrogens with zero attached hydrogens (tertiary/aromatic N) is 6. The van der Waals surface area contributed by atoms with E-state index in [1.807, 2.05) is 17.0 Å². The van der Waals surface area contributed by atoms with Crippen molar-refractivity contribution in [1.29, 1.82) is 0 Å². The Hall–Kier alpha value is -3.36. The standard InChI is InChI=1S/C32H39ClN6O2/c1-4-29(40)38-18-19-39(22(2)20-38)31-25-13-16-37(28-12-6-9-23-8-5-11-26(33)30(23)28)17-14-27(25)34-32(35-31)41-21-24-10-7-15-36(24)3/h4-6,8-9,11-12,22,24H,1,7,10,13-21H2,2-3H3/t22-,24?/m0/s1. The first-order chi connectivity index (χ1) is 19.9. The van der Waals surface area contributed by atoms with Crippen LogP contribution in [0, 0.1) is 0 Å². The lowest BCUT2D eigenvalue weighted by atomic mass is 10.1. The van der Waals surface area contributed by atoms with E-state index in [4.69, 9.17) is 26.3 Å². The van der Waals surface area contributed by atoms with Crippen LogP contribution >= 0.6 is 11.6 Å². The lowest BCUT2D eigenvalue weighted by Gasteiger charge is -2.41. The third kappa shape index (κ3) is 5.60. The molecule has 1 unspecified atom stereocenters. The van der Waals surface area contributed by atoms with E-state index in [0.29, 0.717) is 38.3 Å². The van der Waals surface area contributed by atoms with Gasteiger partial charge in [0.2, 0.25) is 5.91 Å². The predicted octanol–water partition coefficient (Wildman–Crippen LogP) is 4.58. The molecule has 3 aromatic rings. The molecule has 3 aliphatic rings. The monoisotopic (exact) mass is 574 g/mol. The number of piperazine rings is 1. The summed E-state index contributed by atoms with van der Waals surface area (Å²) in [6.45, 7) is 11.2. The third-order valence-corrected chi connectivity index (χ3v) is 9.25. The van der Waals surface area contributed by atoms with Gasteiger partial charge >= 0.3 is 6.01 Å². The van der Waals surface area contributed by atoms with Crippen LogP contribution in [0.3, 0.4) is 0 Å². The van der Waals surface area contributed by atoms with E-state index in [2.05, 4.69) is 59.5 Å². The van der Waals surface area contributed by atoms with Gasteiger partial charge in [-0.05, 0) is 63.4 Å². The van der Waals surface area contributed by atoms with Crippen molar-refractivity contribution in [2.75, 3.05) is 62.7 Å². The number of hydrogen-bond donors (Lipinski definition) is 0. The molecule has 2 fully saturated rings. The summed E-state index contributed by atoms with van der Waals surface area (Å²) in [4.78, 5) is 31.4. The van der Waals surface area contributed by atoms with E-state index in [9.17, 15) is 4.79 Å². The molecule has 0 saturated carbocycles. The molecule has 6 rings (SSSR count). The Bertz CT molecular complexity index is 1440. The quantitative estimate of drug-likeness (QED) is 0.399. The molecule has 8 nitrogen and oxygen atoms in total. The molecule has 1 amide bonds. The molecule has 4 heterocycles. The Labute approximate surface area is 247 Å². The zero-order valence-electron chi connectivity index (χ0n) is 24.1. The van der Waals surface area contributed by atoms with Gasteiger partial charge in [0, 0.05) is 67.9 Å². The molecule has 41 heavy (non-hydrogen) atoms. The number of likely N-dealkylation sites (N-methyl/N-ethyl adjacent to an activating group) is 1. The van der Waals surface area contributed by atoms with E-state index in [-0.39, 0.29) is 11.9 Å². The minimum atomic E-state index is -0.0212. The highest BCUT2D eigenvalue weighted by atomic mass is 35.5. The topological polar surface area (TPSA) is 65.0 Å². The summed E-state index contributed by atoms with van der Waals surface area (Å²) >= 11 is 6.71. The number of hydrogen-bond acceptors (Lipinski definition) is 7. The van der Waals surface area contributed by atoms with Gasteiger partial charge in [-0.15, -0.1) is 0 Å². The van der Waals surface area contributed by atoms with E-state index in [0.717, 1.165) is 71.9 Å². The normalized spacial score (nSPS) is 21.6. The molecular formula is C32H39ClN6O2. The number of anilines is 2. The highest BCUT2D eigenvalue weighted by Crippen LogP contribution is 2.36. The third-order valence-electron chi connectivity index (χ3n) is 8.94. The number of likely N-dealkylation sites (tertiary alicyclic amines) is 1. The van der Waals surface area contributed by atoms with E-state index in [1.165, 1.54) is 18.1 Å². The zero-order valence-corrected chi connectivity index (χ0v) is 24.8. The lowest BCUT2D eigenvalue weighted by molar-refractivity contribution is -0.126. The number of ether oxygens (including phenoxy) is 1. The number of halogens is 1. The van der Waals surface area contributed by atoms with E-state index in [1.54, 1.807) is 0 Å². The summed E-state index contributed by atoms with van der Waals surface area (Å²) in [7, 11) is 2.16. The molecule has 1 aromatic heterocycles. The number of carbonyl (C=O) groups excluding carboxylic acids is 1. The van der Waals surface area contributed by atoms with Gasteiger partial charge in [-0.25, -0.2) is 0 Å². The van der Waals surface area contributed by atoms with Crippen LogP contribution in [-0.4, -0.2) is 90.7 Å².